The molecule has 20 heavy (non-hydrogen) atoms. The van der Waals surface area contributed by atoms with E-state index >= 15 is 0 Å². The molecule has 1 aromatic rings. The van der Waals surface area contributed by atoms with Gasteiger partial charge in [-0.2, -0.15) is 0 Å². The van der Waals surface area contributed by atoms with Crippen molar-refractivity contribution in [3.63, 3.8) is 0 Å². The van der Waals surface area contributed by atoms with Crippen LogP contribution >= 0.6 is 0 Å². The van der Waals surface area contributed by atoms with Crippen molar-refractivity contribution in [2.45, 2.75) is 38.1 Å². The number of anilines is 1. The van der Waals surface area contributed by atoms with Gasteiger partial charge in [0.2, 0.25) is 5.91 Å². The van der Waals surface area contributed by atoms with E-state index in [1.54, 1.807) is 18.6 Å². The predicted octanol–water partition coefficient (Wildman–Crippen LogP) is 1.70. The number of rotatable bonds is 3. The molecule has 0 radical (unpaired) electrons. The third kappa shape index (κ3) is 2.62. The van der Waals surface area contributed by atoms with Crippen LogP contribution in [0.3, 0.4) is 0 Å². The predicted molar refractivity (Wildman–Crippen MR) is 77.4 cm³/mol. The summed E-state index contributed by atoms with van der Waals surface area (Å²) in [6, 6.07) is 0.304. The molecular formula is C15H22N4O. The lowest BCUT2D eigenvalue weighted by Gasteiger charge is -2.40. The van der Waals surface area contributed by atoms with Gasteiger partial charge >= 0.3 is 0 Å². The quantitative estimate of drug-likeness (QED) is 0.842. The summed E-state index contributed by atoms with van der Waals surface area (Å²) in [6.07, 6.45) is 10.8. The van der Waals surface area contributed by atoms with Gasteiger partial charge in [-0.1, -0.05) is 6.42 Å². The van der Waals surface area contributed by atoms with Gasteiger partial charge in [0, 0.05) is 44.5 Å². The Kier molecular flexibility index (Phi) is 3.85. The number of nitrogens with zero attached hydrogens (tertiary/aromatic N) is 4. The summed E-state index contributed by atoms with van der Waals surface area (Å²) in [4.78, 5) is 25.1. The van der Waals surface area contributed by atoms with Crippen LogP contribution in [0.4, 0.5) is 5.82 Å². The molecule has 2 fully saturated rings. The molecule has 1 aliphatic carbocycles. The van der Waals surface area contributed by atoms with Crippen molar-refractivity contribution in [2.75, 3.05) is 25.0 Å². The maximum Gasteiger partial charge on any atom is 0.225 e. The molecule has 5 nitrogen and oxygen atoms in total. The molecule has 1 aliphatic heterocycles. The molecule has 2 aliphatic rings. The van der Waals surface area contributed by atoms with Gasteiger partial charge in [-0.15, -0.1) is 0 Å². The molecule has 0 bridgehead atoms. The maximum absolute atomic E-state index is 12.3. The average Bonchev–Trinajstić information content (AvgIpc) is 2.46. The largest absolute Gasteiger partial charge is 0.353 e. The minimum absolute atomic E-state index is 0.284. The first-order valence-corrected chi connectivity index (χ1v) is 7.53. The molecule has 1 atom stereocenters. The van der Waals surface area contributed by atoms with Crippen molar-refractivity contribution in [3.8, 4) is 0 Å². The van der Waals surface area contributed by atoms with E-state index in [4.69, 9.17) is 0 Å². The van der Waals surface area contributed by atoms with Crippen molar-refractivity contribution >= 4 is 11.7 Å². The summed E-state index contributed by atoms with van der Waals surface area (Å²) in [5.41, 5.74) is 0. The van der Waals surface area contributed by atoms with E-state index in [-0.39, 0.29) is 5.92 Å². The van der Waals surface area contributed by atoms with Crippen LogP contribution in [0.25, 0.3) is 0 Å². The Balaban J connectivity index is 1.64. The van der Waals surface area contributed by atoms with Crippen molar-refractivity contribution in [1.29, 1.82) is 0 Å². The molecule has 0 N–H and O–H groups in total. The lowest BCUT2D eigenvalue weighted by atomic mass is 9.84. The lowest BCUT2D eigenvalue weighted by Crippen LogP contribution is -2.51. The van der Waals surface area contributed by atoms with Gasteiger partial charge in [-0.3, -0.25) is 9.78 Å². The molecule has 1 aromatic heterocycles. The van der Waals surface area contributed by atoms with E-state index in [1.807, 2.05) is 11.9 Å². The lowest BCUT2D eigenvalue weighted by molar-refractivity contribution is -0.139. The second-order valence-corrected chi connectivity index (χ2v) is 5.88. The van der Waals surface area contributed by atoms with E-state index in [1.165, 1.54) is 6.42 Å². The summed E-state index contributed by atoms with van der Waals surface area (Å²) in [7, 11) is 1.96. The fraction of sp³-hybridized carbons (Fsp3) is 0.667. The fourth-order valence-electron chi connectivity index (χ4n) is 3.06. The van der Waals surface area contributed by atoms with Gasteiger partial charge < -0.3 is 9.80 Å². The van der Waals surface area contributed by atoms with Crippen molar-refractivity contribution < 1.29 is 4.79 Å². The first-order valence-electron chi connectivity index (χ1n) is 7.53. The number of carbonyl (C=O) groups excluding carboxylic acids is 1. The normalized spacial score (nSPS) is 23.2. The highest BCUT2D eigenvalue weighted by atomic mass is 16.2. The Morgan fingerprint density at radius 3 is 2.80 bits per heavy atom. The Hall–Kier alpha value is -1.65. The number of hydrogen-bond acceptors (Lipinski definition) is 4. The van der Waals surface area contributed by atoms with Crippen LogP contribution in [0.5, 0.6) is 0 Å². The smallest absolute Gasteiger partial charge is 0.225 e. The molecule has 108 valence electrons. The monoisotopic (exact) mass is 274 g/mol. The van der Waals surface area contributed by atoms with Crippen LogP contribution in [0.2, 0.25) is 0 Å². The molecule has 1 unspecified atom stereocenters. The minimum Gasteiger partial charge on any atom is -0.353 e. The van der Waals surface area contributed by atoms with Crippen LogP contribution in [-0.2, 0) is 4.79 Å². The first kappa shape index (κ1) is 13.3. The summed E-state index contributed by atoms with van der Waals surface area (Å²) in [6.45, 7) is 1.87. The number of carbonyl (C=O) groups is 1. The van der Waals surface area contributed by atoms with Crippen LogP contribution in [0.15, 0.2) is 18.6 Å². The molecular weight excluding hydrogens is 252 g/mol. The number of piperidine rings is 1. The van der Waals surface area contributed by atoms with E-state index < -0.39 is 0 Å². The van der Waals surface area contributed by atoms with Gasteiger partial charge in [-0.05, 0) is 25.7 Å². The maximum atomic E-state index is 12.3. The zero-order chi connectivity index (χ0) is 13.9. The number of amides is 1. The zero-order valence-corrected chi connectivity index (χ0v) is 12.0. The zero-order valence-electron chi connectivity index (χ0n) is 12.0. The van der Waals surface area contributed by atoms with Crippen LogP contribution in [0.1, 0.15) is 32.1 Å². The third-order valence-corrected chi connectivity index (χ3v) is 4.62. The Bertz CT molecular complexity index is 460. The Morgan fingerprint density at radius 1 is 1.30 bits per heavy atom. The van der Waals surface area contributed by atoms with E-state index in [9.17, 15) is 4.79 Å². The first-order chi connectivity index (χ1) is 9.75. The Labute approximate surface area is 120 Å². The van der Waals surface area contributed by atoms with Crippen molar-refractivity contribution in [2.24, 2.45) is 5.92 Å². The number of aromatic nitrogens is 2. The number of likely N-dealkylation sites (N-methyl/N-ethyl adjacent to an activating group) is 1. The SMILES string of the molecule is CN(C(=O)C1CCC1)C1CCCN(c2cnccn2)C1. The molecule has 1 saturated carbocycles. The van der Waals surface area contributed by atoms with E-state index in [2.05, 4.69) is 14.9 Å². The summed E-state index contributed by atoms with van der Waals surface area (Å²) >= 11 is 0. The van der Waals surface area contributed by atoms with Gasteiger partial charge in [0.1, 0.15) is 5.82 Å². The van der Waals surface area contributed by atoms with E-state index in [0.29, 0.717) is 11.9 Å². The average molecular weight is 274 g/mol. The fourth-order valence-corrected chi connectivity index (χ4v) is 3.06. The Morgan fingerprint density at radius 2 is 2.15 bits per heavy atom. The van der Waals surface area contributed by atoms with Gasteiger partial charge in [0.15, 0.2) is 0 Å². The van der Waals surface area contributed by atoms with Crippen molar-refractivity contribution in [3.05, 3.63) is 18.6 Å². The van der Waals surface area contributed by atoms with Crippen LogP contribution < -0.4 is 4.90 Å². The second-order valence-electron chi connectivity index (χ2n) is 5.88. The molecule has 5 heteroatoms. The summed E-state index contributed by atoms with van der Waals surface area (Å²) in [5.74, 6) is 1.54. The second kappa shape index (κ2) is 5.77. The molecule has 0 spiro atoms. The highest BCUT2D eigenvalue weighted by Gasteiger charge is 2.33. The van der Waals surface area contributed by atoms with Crippen LogP contribution in [0, 0.1) is 5.92 Å². The minimum atomic E-state index is 0.284. The standard InChI is InChI=1S/C15H22N4O/c1-18(15(20)12-4-2-5-12)13-6-3-9-19(11-13)14-10-16-7-8-17-14/h7-8,10,12-13H,2-6,9,11H2,1H3. The van der Waals surface area contributed by atoms with Gasteiger partial charge in [0.25, 0.3) is 0 Å². The molecule has 3 rings (SSSR count). The van der Waals surface area contributed by atoms with Gasteiger partial charge in [0.05, 0.1) is 6.20 Å². The van der Waals surface area contributed by atoms with Crippen molar-refractivity contribution in [1.82, 2.24) is 14.9 Å². The van der Waals surface area contributed by atoms with E-state index in [0.717, 1.165) is 44.6 Å². The number of hydrogen-bond donors (Lipinski definition) is 0. The summed E-state index contributed by atoms with van der Waals surface area (Å²) in [5, 5.41) is 0. The molecule has 1 amide bonds. The van der Waals surface area contributed by atoms with Crippen LogP contribution in [-0.4, -0.2) is 47.0 Å². The third-order valence-electron chi connectivity index (χ3n) is 4.62. The van der Waals surface area contributed by atoms with Gasteiger partial charge in [-0.25, -0.2) is 4.98 Å². The molecule has 2 heterocycles. The topological polar surface area (TPSA) is 49.3 Å². The highest BCUT2D eigenvalue weighted by Crippen LogP contribution is 2.29. The molecule has 0 aromatic carbocycles. The molecule has 1 saturated heterocycles. The summed E-state index contributed by atoms with van der Waals surface area (Å²) < 4.78 is 0. The highest BCUT2D eigenvalue weighted by molar-refractivity contribution is 5.79.